The van der Waals surface area contributed by atoms with Gasteiger partial charge in [0.05, 0.1) is 6.34 Å². The van der Waals surface area contributed by atoms with Crippen LogP contribution < -0.4 is 5.73 Å². The van der Waals surface area contributed by atoms with E-state index >= 15 is 0 Å². The van der Waals surface area contributed by atoms with Gasteiger partial charge in [0.25, 0.3) is 0 Å². The smallest absolute Gasteiger partial charge is 0.0856 e. The van der Waals surface area contributed by atoms with Gasteiger partial charge >= 0.3 is 0 Å². The van der Waals surface area contributed by atoms with Crippen molar-refractivity contribution in [3.05, 3.63) is 11.8 Å². The van der Waals surface area contributed by atoms with Crippen molar-refractivity contribution in [1.82, 2.24) is 0 Å². The second-order valence-electron chi connectivity index (χ2n) is 1.74. The van der Waals surface area contributed by atoms with Gasteiger partial charge in [-0.05, 0) is 12.8 Å². The summed E-state index contributed by atoms with van der Waals surface area (Å²) in [5.74, 6) is 0. The maximum absolute atomic E-state index is 5.10. The zero-order valence-corrected chi connectivity index (χ0v) is 6.09. The average molecular weight is 126 g/mol. The van der Waals surface area contributed by atoms with E-state index in [1.54, 1.807) is 0 Å². The zero-order valence-electron chi connectivity index (χ0n) is 6.09. The highest BCUT2D eigenvalue weighted by molar-refractivity contribution is 5.53. The normalized spacial score (nSPS) is 12.9. The minimum atomic E-state index is 0.960. The molecule has 0 rings (SSSR count). The topological polar surface area (TPSA) is 38.4 Å². The SMILES string of the molecule is CC/C=C(\CC)N=CN. The molecular weight excluding hydrogens is 112 g/mol. The fourth-order valence-electron chi connectivity index (χ4n) is 0.620. The minimum absolute atomic E-state index is 0.960. The summed E-state index contributed by atoms with van der Waals surface area (Å²) in [5, 5.41) is 0. The van der Waals surface area contributed by atoms with Gasteiger partial charge in [-0.1, -0.05) is 19.9 Å². The first-order chi connectivity index (χ1) is 4.35. The van der Waals surface area contributed by atoms with Gasteiger partial charge in [-0.3, -0.25) is 0 Å². The summed E-state index contributed by atoms with van der Waals surface area (Å²) in [6, 6.07) is 0. The molecule has 0 heterocycles. The molecule has 0 atom stereocenters. The van der Waals surface area contributed by atoms with Crippen molar-refractivity contribution in [2.24, 2.45) is 10.7 Å². The van der Waals surface area contributed by atoms with Crippen LogP contribution in [0.3, 0.4) is 0 Å². The van der Waals surface area contributed by atoms with Crippen molar-refractivity contribution >= 4 is 6.34 Å². The van der Waals surface area contributed by atoms with E-state index in [2.05, 4.69) is 24.9 Å². The van der Waals surface area contributed by atoms with Crippen molar-refractivity contribution in [1.29, 1.82) is 0 Å². The van der Waals surface area contributed by atoms with Crippen LogP contribution >= 0.6 is 0 Å². The molecule has 0 unspecified atom stereocenters. The molecule has 0 aromatic heterocycles. The average Bonchev–Trinajstić information content (AvgIpc) is 1.88. The number of rotatable bonds is 3. The largest absolute Gasteiger partial charge is 0.390 e. The Morgan fingerprint density at radius 1 is 1.56 bits per heavy atom. The summed E-state index contributed by atoms with van der Waals surface area (Å²) in [6.45, 7) is 4.15. The van der Waals surface area contributed by atoms with Crippen LogP contribution in [0.2, 0.25) is 0 Å². The first-order valence-corrected chi connectivity index (χ1v) is 3.28. The Hall–Kier alpha value is -0.790. The van der Waals surface area contributed by atoms with Crippen LogP contribution in [0.5, 0.6) is 0 Å². The molecule has 52 valence electrons. The monoisotopic (exact) mass is 126 g/mol. The fourth-order valence-corrected chi connectivity index (χ4v) is 0.620. The van der Waals surface area contributed by atoms with Crippen molar-refractivity contribution in [2.45, 2.75) is 26.7 Å². The molecule has 9 heavy (non-hydrogen) atoms. The van der Waals surface area contributed by atoms with E-state index in [0.717, 1.165) is 18.5 Å². The van der Waals surface area contributed by atoms with E-state index in [1.807, 2.05) is 0 Å². The maximum Gasteiger partial charge on any atom is 0.0856 e. The molecule has 0 saturated heterocycles. The lowest BCUT2D eigenvalue weighted by Gasteiger charge is -1.91. The van der Waals surface area contributed by atoms with Crippen molar-refractivity contribution in [2.75, 3.05) is 0 Å². The molecule has 2 N–H and O–H groups in total. The maximum atomic E-state index is 5.10. The number of nitrogens with two attached hydrogens (primary N) is 1. The van der Waals surface area contributed by atoms with E-state index < -0.39 is 0 Å². The lowest BCUT2D eigenvalue weighted by molar-refractivity contribution is 1.03. The molecule has 0 aromatic carbocycles. The fraction of sp³-hybridized carbons (Fsp3) is 0.571. The second-order valence-corrected chi connectivity index (χ2v) is 1.74. The van der Waals surface area contributed by atoms with Crippen LogP contribution in [-0.2, 0) is 0 Å². The molecule has 0 radical (unpaired) electrons. The Bertz CT molecular complexity index is 114. The van der Waals surface area contributed by atoms with E-state index in [-0.39, 0.29) is 0 Å². The van der Waals surface area contributed by atoms with E-state index in [1.165, 1.54) is 6.34 Å². The van der Waals surface area contributed by atoms with Gasteiger partial charge in [0, 0.05) is 5.70 Å². The van der Waals surface area contributed by atoms with Gasteiger partial charge in [-0.25, -0.2) is 4.99 Å². The van der Waals surface area contributed by atoms with Crippen LogP contribution in [-0.4, -0.2) is 6.34 Å². The number of nitrogens with zero attached hydrogens (tertiary/aromatic N) is 1. The molecule has 2 heteroatoms. The number of aliphatic imine (C=N–C) groups is 1. The van der Waals surface area contributed by atoms with E-state index in [4.69, 9.17) is 5.73 Å². The van der Waals surface area contributed by atoms with Gasteiger partial charge in [0.1, 0.15) is 0 Å². The van der Waals surface area contributed by atoms with Gasteiger partial charge in [-0.2, -0.15) is 0 Å². The molecule has 0 bridgehead atoms. The van der Waals surface area contributed by atoms with Crippen molar-refractivity contribution in [3.63, 3.8) is 0 Å². The highest BCUT2D eigenvalue weighted by atomic mass is 14.8. The lowest BCUT2D eigenvalue weighted by atomic mass is 10.3. The molecule has 0 aliphatic heterocycles. The third-order valence-corrected chi connectivity index (χ3v) is 1.04. The third kappa shape index (κ3) is 3.76. The Kier molecular flexibility index (Phi) is 4.88. The molecule has 0 aliphatic carbocycles. The highest BCUT2D eigenvalue weighted by Gasteiger charge is 1.83. The third-order valence-electron chi connectivity index (χ3n) is 1.04. The van der Waals surface area contributed by atoms with Gasteiger partial charge < -0.3 is 5.73 Å². The molecule has 0 aliphatic rings. The molecule has 0 fully saturated rings. The molecule has 0 aromatic rings. The van der Waals surface area contributed by atoms with Crippen LogP contribution in [0, 0.1) is 0 Å². The number of allylic oxidation sites excluding steroid dienone is 2. The van der Waals surface area contributed by atoms with Crippen LogP contribution in [0.4, 0.5) is 0 Å². The summed E-state index contributed by atoms with van der Waals surface area (Å²) in [6.07, 6.45) is 5.40. The van der Waals surface area contributed by atoms with E-state index in [0.29, 0.717) is 0 Å². The van der Waals surface area contributed by atoms with Crippen molar-refractivity contribution in [3.8, 4) is 0 Å². The summed E-state index contributed by atoms with van der Waals surface area (Å²) >= 11 is 0. The Morgan fingerprint density at radius 2 is 2.22 bits per heavy atom. The Balaban J connectivity index is 3.81. The highest BCUT2D eigenvalue weighted by Crippen LogP contribution is 2.01. The predicted molar refractivity (Wildman–Crippen MR) is 41.3 cm³/mol. The minimum Gasteiger partial charge on any atom is -0.390 e. The molecule has 2 nitrogen and oxygen atoms in total. The predicted octanol–water partition coefficient (Wildman–Crippen LogP) is 1.68. The number of hydrogen-bond acceptors (Lipinski definition) is 1. The summed E-state index contributed by atoms with van der Waals surface area (Å²) in [5.41, 5.74) is 6.17. The summed E-state index contributed by atoms with van der Waals surface area (Å²) in [4.78, 5) is 3.95. The lowest BCUT2D eigenvalue weighted by Crippen LogP contribution is -1.89. The van der Waals surface area contributed by atoms with Gasteiger partial charge in [0.15, 0.2) is 0 Å². The number of hydrogen-bond donors (Lipinski definition) is 1. The first kappa shape index (κ1) is 8.21. The Morgan fingerprint density at radius 3 is 2.56 bits per heavy atom. The quantitative estimate of drug-likeness (QED) is 0.453. The zero-order chi connectivity index (χ0) is 7.11. The first-order valence-electron chi connectivity index (χ1n) is 3.28. The molecule has 0 spiro atoms. The second kappa shape index (κ2) is 5.35. The van der Waals surface area contributed by atoms with E-state index in [9.17, 15) is 0 Å². The standard InChI is InChI=1S/C7H14N2/c1-3-5-7(4-2)9-6-8/h5-6H,3-4H2,1-2H3,(H2,8,9)/b7-5+. The van der Waals surface area contributed by atoms with Gasteiger partial charge in [-0.15, -0.1) is 0 Å². The molecule has 0 amide bonds. The summed E-state index contributed by atoms with van der Waals surface area (Å²) in [7, 11) is 0. The molecule has 0 saturated carbocycles. The Labute approximate surface area is 56.5 Å². The summed E-state index contributed by atoms with van der Waals surface area (Å²) < 4.78 is 0. The van der Waals surface area contributed by atoms with Gasteiger partial charge in [0.2, 0.25) is 0 Å². The van der Waals surface area contributed by atoms with Crippen molar-refractivity contribution < 1.29 is 0 Å². The van der Waals surface area contributed by atoms with Crippen LogP contribution in [0.1, 0.15) is 26.7 Å². The molecular formula is C7H14N2. The van der Waals surface area contributed by atoms with Crippen LogP contribution in [0.15, 0.2) is 16.8 Å². The van der Waals surface area contributed by atoms with Crippen LogP contribution in [0.25, 0.3) is 0 Å².